The molecule has 21 heavy (non-hydrogen) atoms. The van der Waals surface area contributed by atoms with Crippen molar-refractivity contribution in [3.05, 3.63) is 27.8 Å². The Labute approximate surface area is 125 Å². The summed E-state index contributed by atoms with van der Waals surface area (Å²) in [5.74, 6) is -1.36. The predicted octanol–water partition coefficient (Wildman–Crippen LogP) is 1.17. The summed E-state index contributed by atoms with van der Waals surface area (Å²) in [6.45, 7) is 3.63. The molecule has 1 unspecified atom stereocenters. The number of rotatable bonds is 6. The molecule has 1 atom stereocenters. The van der Waals surface area contributed by atoms with Crippen LogP contribution >= 0.6 is 11.3 Å². The monoisotopic (exact) mass is 330 g/mol. The number of hydrogen-bond acceptors (Lipinski definition) is 6. The standard InChI is InChI=1S/C11H14N4O4S2/c1-3-7-4-12-9(20-7)6(2)15-21(18,19)10-8(11(16)17)5-13-14-10/h4-6,15H,3H2,1-2H3,(H,13,14)(H,16,17). The van der Waals surface area contributed by atoms with E-state index in [1.54, 1.807) is 13.1 Å². The fraction of sp³-hybridized carbons (Fsp3) is 0.364. The largest absolute Gasteiger partial charge is 0.478 e. The second-order valence-electron chi connectivity index (χ2n) is 4.28. The van der Waals surface area contributed by atoms with Gasteiger partial charge in [-0.05, 0) is 13.3 Å². The molecule has 2 rings (SSSR count). The summed E-state index contributed by atoms with van der Waals surface area (Å²) in [6.07, 6.45) is 3.48. The van der Waals surface area contributed by atoms with Crippen molar-refractivity contribution in [2.75, 3.05) is 0 Å². The van der Waals surface area contributed by atoms with Gasteiger partial charge in [-0.2, -0.15) is 5.10 Å². The van der Waals surface area contributed by atoms with Crippen molar-refractivity contribution in [3.63, 3.8) is 0 Å². The third-order valence-corrected chi connectivity index (χ3v) is 5.56. The number of carbonyl (C=O) groups is 1. The summed E-state index contributed by atoms with van der Waals surface area (Å²) in [4.78, 5) is 16.2. The van der Waals surface area contributed by atoms with E-state index in [4.69, 9.17) is 5.11 Å². The minimum absolute atomic E-state index is 0.400. The van der Waals surface area contributed by atoms with Crippen LogP contribution in [0.2, 0.25) is 0 Å². The molecule has 0 aliphatic heterocycles. The van der Waals surface area contributed by atoms with Gasteiger partial charge < -0.3 is 5.11 Å². The van der Waals surface area contributed by atoms with Gasteiger partial charge in [0.25, 0.3) is 10.0 Å². The SMILES string of the molecule is CCc1cnc(C(C)NS(=O)(=O)c2[nH]ncc2C(=O)O)s1. The van der Waals surface area contributed by atoms with Gasteiger partial charge in [-0.25, -0.2) is 22.9 Å². The van der Waals surface area contributed by atoms with Crippen molar-refractivity contribution < 1.29 is 18.3 Å². The number of aryl methyl sites for hydroxylation is 1. The number of sulfonamides is 1. The van der Waals surface area contributed by atoms with Crippen LogP contribution in [-0.4, -0.2) is 34.7 Å². The lowest BCUT2D eigenvalue weighted by molar-refractivity contribution is 0.0692. The molecule has 0 bridgehead atoms. The minimum atomic E-state index is -4.02. The average Bonchev–Trinajstić information content (AvgIpc) is 3.07. The van der Waals surface area contributed by atoms with Crippen LogP contribution in [0.5, 0.6) is 0 Å². The molecule has 3 N–H and O–H groups in total. The number of nitrogens with one attached hydrogen (secondary N) is 2. The number of nitrogens with zero attached hydrogens (tertiary/aromatic N) is 2. The van der Waals surface area contributed by atoms with Gasteiger partial charge in [-0.3, -0.25) is 5.10 Å². The Morgan fingerprint density at radius 1 is 1.52 bits per heavy atom. The number of aromatic carboxylic acids is 1. The maximum absolute atomic E-state index is 12.2. The summed E-state index contributed by atoms with van der Waals surface area (Å²) in [5.41, 5.74) is -0.400. The fourth-order valence-corrected chi connectivity index (χ4v) is 3.89. The molecule has 114 valence electrons. The molecule has 0 saturated carbocycles. The Morgan fingerprint density at radius 3 is 2.81 bits per heavy atom. The Morgan fingerprint density at radius 2 is 2.24 bits per heavy atom. The van der Waals surface area contributed by atoms with E-state index in [1.807, 2.05) is 6.92 Å². The summed E-state index contributed by atoms with van der Waals surface area (Å²) in [6, 6.07) is -0.565. The zero-order valence-electron chi connectivity index (χ0n) is 11.3. The highest BCUT2D eigenvalue weighted by molar-refractivity contribution is 7.89. The second kappa shape index (κ2) is 5.92. The van der Waals surface area contributed by atoms with Crippen LogP contribution in [0, 0.1) is 0 Å². The number of thiazole rings is 1. The average molecular weight is 330 g/mol. The van der Waals surface area contributed by atoms with Gasteiger partial charge in [0.15, 0.2) is 5.03 Å². The van der Waals surface area contributed by atoms with E-state index >= 15 is 0 Å². The Kier molecular flexibility index (Phi) is 4.40. The Hall–Kier alpha value is -1.78. The zero-order valence-corrected chi connectivity index (χ0v) is 13.0. The van der Waals surface area contributed by atoms with E-state index in [-0.39, 0.29) is 0 Å². The molecule has 0 amide bonds. The molecule has 0 aromatic carbocycles. The fourth-order valence-electron chi connectivity index (χ4n) is 1.66. The van der Waals surface area contributed by atoms with Gasteiger partial charge in [-0.15, -0.1) is 11.3 Å². The molecular formula is C11H14N4O4S2. The highest BCUT2D eigenvalue weighted by Crippen LogP contribution is 2.22. The van der Waals surface area contributed by atoms with E-state index in [0.29, 0.717) is 5.01 Å². The van der Waals surface area contributed by atoms with Crippen molar-refractivity contribution in [1.29, 1.82) is 0 Å². The minimum Gasteiger partial charge on any atom is -0.478 e. The quantitative estimate of drug-likeness (QED) is 0.730. The lowest BCUT2D eigenvalue weighted by atomic mass is 10.4. The van der Waals surface area contributed by atoms with E-state index < -0.39 is 32.6 Å². The molecule has 2 aromatic heterocycles. The van der Waals surface area contributed by atoms with Gasteiger partial charge in [0, 0.05) is 11.1 Å². The van der Waals surface area contributed by atoms with Crippen LogP contribution in [0.3, 0.4) is 0 Å². The van der Waals surface area contributed by atoms with E-state index in [9.17, 15) is 13.2 Å². The second-order valence-corrected chi connectivity index (χ2v) is 7.08. The first-order valence-electron chi connectivity index (χ1n) is 6.08. The van der Waals surface area contributed by atoms with Crippen molar-refractivity contribution >= 4 is 27.3 Å². The zero-order chi connectivity index (χ0) is 15.6. The van der Waals surface area contributed by atoms with Crippen LogP contribution in [0.4, 0.5) is 0 Å². The Balaban J connectivity index is 2.24. The van der Waals surface area contributed by atoms with Gasteiger partial charge in [-0.1, -0.05) is 6.92 Å². The first kappa shape index (κ1) is 15.6. The third kappa shape index (κ3) is 3.28. The molecule has 0 radical (unpaired) electrons. The van der Waals surface area contributed by atoms with E-state index in [1.165, 1.54) is 11.3 Å². The number of hydrogen-bond donors (Lipinski definition) is 3. The van der Waals surface area contributed by atoms with E-state index in [2.05, 4.69) is 19.9 Å². The van der Waals surface area contributed by atoms with Crippen LogP contribution in [0.25, 0.3) is 0 Å². The lowest BCUT2D eigenvalue weighted by Crippen LogP contribution is -2.28. The van der Waals surface area contributed by atoms with Crippen molar-refractivity contribution in [3.8, 4) is 0 Å². The van der Waals surface area contributed by atoms with Crippen LogP contribution in [0.1, 0.15) is 40.1 Å². The Bertz CT molecular complexity index is 750. The number of aromatic nitrogens is 3. The van der Waals surface area contributed by atoms with Gasteiger partial charge in [0.1, 0.15) is 10.6 Å². The molecule has 0 fully saturated rings. The lowest BCUT2D eigenvalue weighted by Gasteiger charge is -2.11. The van der Waals surface area contributed by atoms with Gasteiger partial charge in [0.05, 0.1) is 12.2 Å². The van der Waals surface area contributed by atoms with Crippen LogP contribution in [0.15, 0.2) is 17.4 Å². The first-order chi connectivity index (χ1) is 9.85. The molecule has 0 spiro atoms. The topological polar surface area (TPSA) is 125 Å². The number of carboxylic acid groups (broad SMARTS) is 1. The summed E-state index contributed by atoms with van der Waals surface area (Å²) < 4.78 is 26.8. The van der Waals surface area contributed by atoms with Gasteiger partial charge >= 0.3 is 5.97 Å². The maximum Gasteiger partial charge on any atom is 0.340 e. The highest BCUT2D eigenvalue weighted by atomic mass is 32.2. The third-order valence-electron chi connectivity index (χ3n) is 2.73. The molecule has 8 nitrogen and oxygen atoms in total. The summed E-state index contributed by atoms with van der Waals surface area (Å²) in [5, 5.41) is 14.8. The van der Waals surface area contributed by atoms with Crippen molar-refractivity contribution in [2.24, 2.45) is 0 Å². The molecule has 0 aliphatic rings. The summed E-state index contributed by atoms with van der Waals surface area (Å²) in [7, 11) is -4.02. The molecular weight excluding hydrogens is 316 g/mol. The van der Waals surface area contributed by atoms with Crippen molar-refractivity contribution in [2.45, 2.75) is 31.3 Å². The summed E-state index contributed by atoms with van der Waals surface area (Å²) >= 11 is 1.41. The van der Waals surface area contributed by atoms with Crippen LogP contribution < -0.4 is 4.72 Å². The molecule has 10 heteroatoms. The highest BCUT2D eigenvalue weighted by Gasteiger charge is 2.27. The molecule has 2 aromatic rings. The smallest absolute Gasteiger partial charge is 0.340 e. The maximum atomic E-state index is 12.2. The number of aromatic amines is 1. The normalized spacial score (nSPS) is 13.2. The number of carboxylic acids is 1. The van der Waals surface area contributed by atoms with Gasteiger partial charge in [0.2, 0.25) is 0 Å². The van der Waals surface area contributed by atoms with Crippen molar-refractivity contribution in [1.82, 2.24) is 19.9 Å². The number of H-pyrrole nitrogens is 1. The van der Waals surface area contributed by atoms with Crippen LogP contribution in [-0.2, 0) is 16.4 Å². The van der Waals surface area contributed by atoms with E-state index in [0.717, 1.165) is 17.5 Å². The predicted molar refractivity (Wildman–Crippen MR) is 75.8 cm³/mol. The molecule has 0 aliphatic carbocycles. The first-order valence-corrected chi connectivity index (χ1v) is 8.38. The molecule has 2 heterocycles. The molecule has 0 saturated heterocycles.